The van der Waals surface area contributed by atoms with Crippen molar-refractivity contribution in [1.29, 1.82) is 0 Å². The molecule has 0 fully saturated rings. The number of benzene rings is 2. The second kappa shape index (κ2) is 5.26. The summed E-state index contributed by atoms with van der Waals surface area (Å²) in [7, 11) is 0. The topological polar surface area (TPSA) is 46.2 Å². The lowest BCUT2D eigenvalue weighted by atomic mass is 9.86. The third-order valence-corrected chi connectivity index (χ3v) is 4.14. The second-order valence-corrected chi connectivity index (χ2v) is 5.56. The molecule has 23 heavy (non-hydrogen) atoms. The molecule has 0 aromatic heterocycles. The smallest absolute Gasteiger partial charge is 0.258 e. The highest BCUT2D eigenvalue weighted by atomic mass is 16.2. The van der Waals surface area contributed by atoms with Gasteiger partial charge in [0.2, 0.25) is 0 Å². The monoisotopic (exact) mass is 299 g/mol. The second-order valence-electron chi connectivity index (χ2n) is 5.56. The molecule has 1 heterocycles. The first-order valence-corrected chi connectivity index (χ1v) is 7.51. The number of nitrogens with one attached hydrogen (secondary N) is 1. The van der Waals surface area contributed by atoms with Crippen molar-refractivity contribution in [3.05, 3.63) is 65.2 Å². The Morgan fingerprint density at radius 2 is 1.78 bits per heavy atom. The van der Waals surface area contributed by atoms with Gasteiger partial charge in [-0.1, -0.05) is 48.2 Å². The first kappa shape index (κ1) is 13.5. The SMILES string of the molecule is O=C1C=C(c2cccc3c2-c2ccccc2CCC#C3)C(=O)N1. The zero-order chi connectivity index (χ0) is 15.8. The molecule has 0 saturated carbocycles. The fourth-order valence-electron chi connectivity index (χ4n) is 3.12. The molecular weight excluding hydrogens is 286 g/mol. The third-order valence-electron chi connectivity index (χ3n) is 4.14. The molecule has 3 nitrogen and oxygen atoms in total. The Labute approximate surface area is 134 Å². The fraction of sp³-hybridized carbons (Fsp3) is 0.100. The predicted octanol–water partition coefficient (Wildman–Crippen LogP) is 2.69. The molecule has 0 bridgehead atoms. The molecule has 2 amide bonds. The van der Waals surface area contributed by atoms with Crippen LogP contribution in [0.15, 0.2) is 48.5 Å². The van der Waals surface area contributed by atoms with Crippen molar-refractivity contribution < 1.29 is 9.59 Å². The number of hydrogen-bond donors (Lipinski definition) is 1. The molecule has 2 aromatic carbocycles. The third kappa shape index (κ3) is 2.25. The van der Waals surface area contributed by atoms with E-state index >= 15 is 0 Å². The summed E-state index contributed by atoms with van der Waals surface area (Å²) in [4.78, 5) is 23.6. The van der Waals surface area contributed by atoms with Crippen LogP contribution in [0.4, 0.5) is 0 Å². The van der Waals surface area contributed by atoms with Crippen LogP contribution in [-0.2, 0) is 16.0 Å². The van der Waals surface area contributed by atoms with Gasteiger partial charge in [0.1, 0.15) is 0 Å². The van der Waals surface area contributed by atoms with Gasteiger partial charge in [0.15, 0.2) is 0 Å². The van der Waals surface area contributed by atoms with Crippen molar-refractivity contribution >= 4 is 17.4 Å². The summed E-state index contributed by atoms with van der Waals surface area (Å²) >= 11 is 0. The molecule has 1 aliphatic carbocycles. The number of carbonyl (C=O) groups excluding carboxylic acids is 2. The Bertz CT molecular complexity index is 942. The molecule has 1 N–H and O–H groups in total. The highest BCUT2D eigenvalue weighted by molar-refractivity contribution is 6.34. The number of amides is 2. The Morgan fingerprint density at radius 3 is 2.61 bits per heavy atom. The Balaban J connectivity index is 2.04. The fourth-order valence-corrected chi connectivity index (χ4v) is 3.12. The van der Waals surface area contributed by atoms with Gasteiger partial charge in [-0.05, 0) is 29.2 Å². The van der Waals surface area contributed by atoms with E-state index in [1.165, 1.54) is 11.6 Å². The van der Waals surface area contributed by atoms with E-state index in [0.29, 0.717) is 5.57 Å². The van der Waals surface area contributed by atoms with Gasteiger partial charge in [0, 0.05) is 23.6 Å². The van der Waals surface area contributed by atoms with E-state index in [4.69, 9.17) is 0 Å². The number of fused-ring (bicyclic) bond motifs is 3. The van der Waals surface area contributed by atoms with Crippen LogP contribution < -0.4 is 5.32 Å². The standard InChI is InChI=1S/C20H13NO2/c22-18-12-17(20(23)21-18)16-11-5-9-14-8-2-1-6-13-7-3-4-10-15(13)19(14)16/h3-5,7,9-12H,1,6H2,(H,21,22,23). The average molecular weight is 299 g/mol. The van der Waals surface area contributed by atoms with Gasteiger partial charge in [0.05, 0.1) is 5.57 Å². The Kier molecular flexibility index (Phi) is 3.09. The largest absolute Gasteiger partial charge is 0.289 e. The Morgan fingerprint density at radius 1 is 0.957 bits per heavy atom. The number of rotatable bonds is 1. The van der Waals surface area contributed by atoms with E-state index in [9.17, 15) is 9.59 Å². The van der Waals surface area contributed by atoms with E-state index in [1.54, 1.807) is 0 Å². The van der Waals surface area contributed by atoms with Crippen LogP contribution in [0.1, 0.15) is 23.1 Å². The minimum Gasteiger partial charge on any atom is -0.289 e. The summed E-state index contributed by atoms with van der Waals surface area (Å²) in [5.41, 5.74) is 5.29. The first-order valence-electron chi connectivity index (χ1n) is 7.51. The molecular formula is C20H13NO2. The van der Waals surface area contributed by atoms with Crippen molar-refractivity contribution in [2.75, 3.05) is 0 Å². The Hall–Kier alpha value is -3.12. The van der Waals surface area contributed by atoms with Crippen molar-refractivity contribution in [1.82, 2.24) is 5.32 Å². The number of imide groups is 1. The summed E-state index contributed by atoms with van der Waals surface area (Å²) in [6, 6.07) is 13.9. The summed E-state index contributed by atoms with van der Waals surface area (Å²) in [6.07, 6.45) is 3.05. The summed E-state index contributed by atoms with van der Waals surface area (Å²) in [5, 5.41) is 2.32. The summed E-state index contributed by atoms with van der Waals surface area (Å²) in [5.74, 6) is 5.67. The van der Waals surface area contributed by atoms with Crippen LogP contribution in [-0.4, -0.2) is 11.8 Å². The van der Waals surface area contributed by atoms with E-state index in [1.807, 2.05) is 30.3 Å². The van der Waals surface area contributed by atoms with Gasteiger partial charge in [-0.25, -0.2) is 0 Å². The quantitative estimate of drug-likeness (QED) is 0.650. The van der Waals surface area contributed by atoms with E-state index in [-0.39, 0.29) is 11.8 Å². The van der Waals surface area contributed by atoms with Gasteiger partial charge >= 0.3 is 0 Å². The highest BCUT2D eigenvalue weighted by Gasteiger charge is 2.26. The molecule has 1 aliphatic heterocycles. The van der Waals surface area contributed by atoms with Gasteiger partial charge in [-0.2, -0.15) is 0 Å². The summed E-state index contributed by atoms with van der Waals surface area (Å²) in [6.45, 7) is 0. The first-order chi connectivity index (χ1) is 11.2. The van der Waals surface area contributed by atoms with Crippen LogP contribution >= 0.6 is 0 Å². The average Bonchev–Trinajstić information content (AvgIpc) is 2.87. The number of hydrogen-bond acceptors (Lipinski definition) is 2. The van der Waals surface area contributed by atoms with Crippen LogP contribution in [0.25, 0.3) is 16.7 Å². The molecule has 2 aromatic rings. The van der Waals surface area contributed by atoms with Gasteiger partial charge in [0.25, 0.3) is 11.8 Å². The van der Waals surface area contributed by atoms with Gasteiger partial charge in [-0.15, -0.1) is 0 Å². The normalized spacial score (nSPS) is 15.4. The number of carbonyl (C=O) groups is 2. The predicted molar refractivity (Wildman–Crippen MR) is 88.2 cm³/mol. The van der Waals surface area contributed by atoms with E-state index < -0.39 is 0 Å². The van der Waals surface area contributed by atoms with Crippen LogP contribution in [0.2, 0.25) is 0 Å². The molecule has 2 aliphatic rings. The molecule has 0 saturated heterocycles. The number of aryl methyl sites for hydroxylation is 1. The maximum absolute atomic E-state index is 12.1. The molecule has 110 valence electrons. The van der Waals surface area contributed by atoms with E-state index in [2.05, 4.69) is 29.3 Å². The lowest BCUT2D eigenvalue weighted by Crippen LogP contribution is -2.22. The molecule has 0 atom stereocenters. The van der Waals surface area contributed by atoms with E-state index in [0.717, 1.165) is 35.1 Å². The van der Waals surface area contributed by atoms with Gasteiger partial charge < -0.3 is 0 Å². The van der Waals surface area contributed by atoms with Crippen LogP contribution in [0.3, 0.4) is 0 Å². The maximum Gasteiger partial charge on any atom is 0.258 e. The zero-order valence-electron chi connectivity index (χ0n) is 12.3. The highest BCUT2D eigenvalue weighted by Crippen LogP contribution is 2.36. The van der Waals surface area contributed by atoms with Crippen molar-refractivity contribution in [3.8, 4) is 23.0 Å². The lowest BCUT2D eigenvalue weighted by molar-refractivity contribution is -0.123. The van der Waals surface area contributed by atoms with Crippen molar-refractivity contribution in [2.24, 2.45) is 0 Å². The minimum absolute atomic E-state index is 0.351. The van der Waals surface area contributed by atoms with Crippen molar-refractivity contribution in [3.63, 3.8) is 0 Å². The van der Waals surface area contributed by atoms with Crippen molar-refractivity contribution in [2.45, 2.75) is 12.8 Å². The summed E-state index contributed by atoms with van der Waals surface area (Å²) < 4.78 is 0. The lowest BCUT2D eigenvalue weighted by Gasteiger charge is -2.17. The van der Waals surface area contributed by atoms with Crippen LogP contribution in [0, 0.1) is 11.8 Å². The molecule has 0 radical (unpaired) electrons. The van der Waals surface area contributed by atoms with Gasteiger partial charge in [-0.3, -0.25) is 14.9 Å². The minimum atomic E-state index is -0.368. The molecule has 0 unspecified atom stereocenters. The molecule has 0 spiro atoms. The zero-order valence-corrected chi connectivity index (χ0v) is 12.3. The maximum atomic E-state index is 12.1. The molecule has 3 heteroatoms. The van der Waals surface area contributed by atoms with Crippen LogP contribution in [0.5, 0.6) is 0 Å². The molecule has 4 rings (SSSR count).